The Morgan fingerprint density at radius 3 is 2.87 bits per heavy atom. The van der Waals surface area contributed by atoms with Crippen LogP contribution >= 0.6 is 11.6 Å². The van der Waals surface area contributed by atoms with Gasteiger partial charge in [-0.05, 0) is 52.0 Å². The van der Waals surface area contributed by atoms with E-state index in [0.717, 1.165) is 45.3 Å². The van der Waals surface area contributed by atoms with E-state index in [9.17, 15) is 9.90 Å². The van der Waals surface area contributed by atoms with Crippen molar-refractivity contribution in [1.82, 2.24) is 15.3 Å². The predicted octanol–water partition coefficient (Wildman–Crippen LogP) is 3.81. The monoisotopic (exact) mass is 431 g/mol. The summed E-state index contributed by atoms with van der Waals surface area (Å²) in [4.78, 5) is 23.9. The molecule has 1 saturated heterocycles. The fraction of sp³-hybridized carbons (Fsp3) is 0.636. The number of nitrogens with one attached hydrogen (secondary N) is 2. The molecule has 162 valence electrons. The predicted molar refractivity (Wildman–Crippen MR) is 118 cm³/mol. The largest absolute Gasteiger partial charge is 0.511 e. The minimum Gasteiger partial charge on any atom is -0.511 e. The first-order valence-electron chi connectivity index (χ1n) is 11.0. The zero-order valence-electron chi connectivity index (χ0n) is 17.5. The van der Waals surface area contributed by atoms with Gasteiger partial charge in [-0.15, -0.1) is 0 Å². The number of carbonyl (C=O) groups excluding carboxylic acids is 1. The summed E-state index contributed by atoms with van der Waals surface area (Å²) in [5.41, 5.74) is -0.241. The molecule has 0 bridgehead atoms. The number of Topliss-reactive ketones (excluding diaryl/α,β-unsaturated/α-hetero) is 1. The highest BCUT2D eigenvalue weighted by Crippen LogP contribution is 2.48. The van der Waals surface area contributed by atoms with Crippen LogP contribution in [-0.4, -0.2) is 52.2 Å². The van der Waals surface area contributed by atoms with Crippen LogP contribution in [0.25, 0.3) is 0 Å². The average molecular weight is 432 g/mol. The molecule has 30 heavy (non-hydrogen) atoms. The van der Waals surface area contributed by atoms with Gasteiger partial charge in [0.1, 0.15) is 28.2 Å². The number of anilines is 1. The third-order valence-electron chi connectivity index (χ3n) is 6.79. The van der Waals surface area contributed by atoms with Gasteiger partial charge in [0.15, 0.2) is 5.82 Å². The molecule has 0 radical (unpaired) electrons. The van der Waals surface area contributed by atoms with Gasteiger partial charge in [0.25, 0.3) is 0 Å². The Balaban J connectivity index is 1.69. The van der Waals surface area contributed by atoms with E-state index in [4.69, 9.17) is 17.0 Å². The Bertz CT molecular complexity index is 886. The summed E-state index contributed by atoms with van der Waals surface area (Å²) in [6.07, 6.45) is 5.95. The van der Waals surface area contributed by atoms with E-state index in [1.165, 1.54) is 0 Å². The van der Waals surface area contributed by atoms with Crippen molar-refractivity contribution in [3.05, 3.63) is 28.4 Å². The zero-order chi connectivity index (χ0) is 21.3. The van der Waals surface area contributed by atoms with Gasteiger partial charge < -0.3 is 15.3 Å². The number of aliphatic hydroxyl groups is 1. The Kier molecular flexibility index (Phi) is 6.11. The Morgan fingerprint density at radius 1 is 1.27 bits per heavy atom. The van der Waals surface area contributed by atoms with Crippen molar-refractivity contribution >= 4 is 28.9 Å². The maximum absolute atomic E-state index is 12.7. The van der Waals surface area contributed by atoms with Gasteiger partial charge in [0, 0.05) is 37.2 Å². The van der Waals surface area contributed by atoms with Gasteiger partial charge in [0.2, 0.25) is 0 Å². The van der Waals surface area contributed by atoms with Gasteiger partial charge in [-0.25, -0.2) is 9.97 Å². The number of halogens is 1. The number of allylic oxidation sites excluding steroid dienone is 2. The average Bonchev–Trinajstić information content (AvgIpc) is 2.95. The second-order valence-corrected chi connectivity index (χ2v) is 9.13. The minimum absolute atomic E-state index is 0.0703. The van der Waals surface area contributed by atoms with Crippen molar-refractivity contribution in [2.45, 2.75) is 64.3 Å². The molecule has 1 aromatic rings. The quantitative estimate of drug-likeness (QED) is 0.496. The van der Waals surface area contributed by atoms with Crippen LogP contribution in [0.3, 0.4) is 0 Å². The molecule has 4 rings (SSSR count). The lowest BCUT2D eigenvalue weighted by molar-refractivity contribution is -0.131. The van der Waals surface area contributed by atoms with E-state index < -0.39 is 5.41 Å². The molecule has 2 fully saturated rings. The Hall–Kier alpha value is -1.99. The summed E-state index contributed by atoms with van der Waals surface area (Å²) < 4.78 is 0. The number of ketones is 1. The smallest absolute Gasteiger partial charge is 0.181 e. The van der Waals surface area contributed by atoms with Crippen LogP contribution in [0.1, 0.15) is 64.1 Å². The van der Waals surface area contributed by atoms with Crippen molar-refractivity contribution < 1.29 is 9.90 Å². The lowest BCUT2D eigenvalue weighted by atomic mass is 9.64. The first-order valence-corrected chi connectivity index (χ1v) is 11.4. The normalized spacial score (nSPS) is 28.0. The van der Waals surface area contributed by atoms with Crippen molar-refractivity contribution in [3.8, 4) is 0 Å². The molecular weight excluding hydrogens is 402 g/mol. The van der Waals surface area contributed by atoms with Gasteiger partial charge in [0.05, 0.1) is 5.41 Å². The van der Waals surface area contributed by atoms with Gasteiger partial charge in [-0.1, -0.05) is 18.0 Å². The highest BCUT2D eigenvalue weighted by atomic mass is 35.5. The Labute approximate surface area is 182 Å². The second kappa shape index (κ2) is 8.63. The fourth-order valence-electron chi connectivity index (χ4n) is 5.10. The summed E-state index contributed by atoms with van der Waals surface area (Å²) in [5, 5.41) is 23.6. The number of carbonyl (C=O) groups is 1. The molecule has 0 aromatic carbocycles. The van der Waals surface area contributed by atoms with Crippen LogP contribution in [0.15, 0.2) is 17.4 Å². The molecule has 2 aliphatic carbocycles. The first-order chi connectivity index (χ1) is 14.4. The molecule has 1 aromatic heterocycles. The maximum atomic E-state index is 12.7. The standard InChI is InChI=1S/C22H30ClN5O2/c1-14-13-25-10-5-11-28(14)18-12-17(23)26-21(27-18)19(24)15-6-4-9-22(20(15)30)8-3-2-7-16(22)29/h12,14,24-25,30H,2-11,13H2,1H3/t14-,22+/m0/s1. The molecule has 8 heteroatoms. The number of rotatable bonds is 3. The molecule has 3 N–H and O–H groups in total. The third kappa shape index (κ3) is 3.85. The molecule has 7 nitrogen and oxygen atoms in total. The number of aromatic nitrogens is 2. The van der Waals surface area contributed by atoms with E-state index >= 15 is 0 Å². The number of nitrogens with zero attached hydrogens (tertiary/aromatic N) is 3. The van der Waals surface area contributed by atoms with E-state index in [1.807, 2.05) is 0 Å². The highest BCUT2D eigenvalue weighted by molar-refractivity contribution is 6.30. The van der Waals surface area contributed by atoms with Gasteiger partial charge in [-0.2, -0.15) is 0 Å². The van der Waals surface area contributed by atoms with E-state index in [0.29, 0.717) is 37.1 Å². The number of hydrogen-bond donors (Lipinski definition) is 3. The van der Waals surface area contributed by atoms with Crippen molar-refractivity contribution in [2.75, 3.05) is 24.5 Å². The van der Waals surface area contributed by atoms with Crippen LogP contribution < -0.4 is 10.2 Å². The zero-order valence-corrected chi connectivity index (χ0v) is 18.3. The van der Waals surface area contributed by atoms with Crippen LogP contribution in [0.4, 0.5) is 5.82 Å². The van der Waals surface area contributed by atoms with Crippen molar-refractivity contribution in [3.63, 3.8) is 0 Å². The highest BCUT2D eigenvalue weighted by Gasteiger charge is 2.47. The summed E-state index contributed by atoms with van der Waals surface area (Å²) in [6, 6.07) is 1.98. The molecule has 3 aliphatic rings. The van der Waals surface area contributed by atoms with Crippen molar-refractivity contribution in [1.29, 1.82) is 5.41 Å². The topological polar surface area (TPSA) is 102 Å². The third-order valence-corrected chi connectivity index (χ3v) is 6.98. The fourth-order valence-corrected chi connectivity index (χ4v) is 5.28. The van der Waals surface area contributed by atoms with Crippen LogP contribution in [0, 0.1) is 10.8 Å². The lowest BCUT2D eigenvalue weighted by Gasteiger charge is -2.39. The summed E-state index contributed by atoms with van der Waals surface area (Å²) in [5.74, 6) is 1.09. The van der Waals surface area contributed by atoms with E-state index in [2.05, 4.69) is 27.1 Å². The van der Waals surface area contributed by atoms with E-state index in [-0.39, 0.29) is 34.3 Å². The maximum Gasteiger partial charge on any atom is 0.181 e. The van der Waals surface area contributed by atoms with Crippen LogP contribution in [-0.2, 0) is 4.79 Å². The van der Waals surface area contributed by atoms with Crippen LogP contribution in [0.5, 0.6) is 0 Å². The summed E-state index contributed by atoms with van der Waals surface area (Å²) in [6.45, 7) is 4.79. The molecular formula is C22H30ClN5O2. The molecule has 2 atom stereocenters. The lowest BCUT2D eigenvalue weighted by Crippen LogP contribution is -2.40. The van der Waals surface area contributed by atoms with Crippen molar-refractivity contribution in [2.24, 2.45) is 5.41 Å². The molecule has 0 amide bonds. The summed E-state index contributed by atoms with van der Waals surface area (Å²) >= 11 is 6.32. The SMILES string of the molecule is C[C@H]1CNCCCN1c1cc(Cl)nc(C(=N)C2=C(O)[C@]3(CCCCC3=O)CCC2)n1. The summed E-state index contributed by atoms with van der Waals surface area (Å²) in [7, 11) is 0. The number of hydrogen-bond acceptors (Lipinski definition) is 7. The molecule has 1 spiro atoms. The van der Waals surface area contributed by atoms with E-state index in [1.54, 1.807) is 6.07 Å². The van der Waals surface area contributed by atoms with Gasteiger partial charge in [-0.3, -0.25) is 10.2 Å². The first kappa shape index (κ1) is 21.2. The Morgan fingerprint density at radius 2 is 2.07 bits per heavy atom. The molecule has 2 heterocycles. The molecule has 0 unspecified atom stereocenters. The second-order valence-electron chi connectivity index (χ2n) is 8.74. The van der Waals surface area contributed by atoms with Crippen LogP contribution in [0.2, 0.25) is 5.15 Å². The molecule has 1 saturated carbocycles. The minimum atomic E-state index is -0.815. The molecule has 1 aliphatic heterocycles. The van der Waals surface area contributed by atoms with Gasteiger partial charge >= 0.3 is 0 Å². The number of aliphatic hydroxyl groups excluding tert-OH is 1.